The minimum atomic E-state index is -0.0252. The van der Waals surface area contributed by atoms with Crippen molar-refractivity contribution in [1.29, 1.82) is 0 Å². The van der Waals surface area contributed by atoms with Gasteiger partial charge in [-0.1, -0.05) is 13.8 Å². The summed E-state index contributed by atoms with van der Waals surface area (Å²) in [5.74, 6) is 0.00587. The normalized spacial score (nSPS) is 12.5. The average Bonchev–Trinajstić information content (AvgIpc) is 2.25. The molecule has 0 aliphatic heterocycles. The average molecular weight is 218 g/mol. The molecule has 0 bridgehead atoms. The number of rotatable bonds is 9. The monoisotopic (exact) mass is 218 g/mol. The summed E-state index contributed by atoms with van der Waals surface area (Å²) in [6, 6.07) is 0. The van der Waals surface area contributed by atoms with E-state index >= 15 is 0 Å². The quantitative estimate of drug-likeness (QED) is 0.450. The number of nitrogens with one attached hydrogen (secondary N) is 2. The van der Waals surface area contributed by atoms with Crippen molar-refractivity contribution in [2.75, 3.05) is 39.5 Å². The smallest absolute Gasteiger partial charge is 0.224 e. The number of hydrogen-bond acceptors (Lipinski definition) is 4. The molecule has 3 N–H and O–H groups in total. The Hall–Kier alpha value is -0.650. The largest absolute Gasteiger partial charge is 0.394 e. The van der Waals surface area contributed by atoms with Crippen LogP contribution in [0.15, 0.2) is 0 Å². The highest BCUT2D eigenvalue weighted by Crippen LogP contribution is 1.91. The fourth-order valence-electron chi connectivity index (χ4n) is 1.04. The minimum absolute atomic E-state index is 0.0186. The van der Waals surface area contributed by atoms with Gasteiger partial charge in [0, 0.05) is 19.0 Å². The second-order valence-electron chi connectivity index (χ2n) is 3.34. The molecule has 0 rings (SSSR count). The van der Waals surface area contributed by atoms with Crippen molar-refractivity contribution in [1.82, 2.24) is 10.6 Å². The summed E-state index contributed by atoms with van der Waals surface area (Å²) in [5.41, 5.74) is 0. The summed E-state index contributed by atoms with van der Waals surface area (Å²) in [4.78, 5) is 11.4. The standard InChI is InChI=1S/C10H22N2O3/c1-3-11-8-9(2)10(14)12-4-6-15-7-5-13/h9,11,13H,3-8H2,1-2H3,(H,12,14). The molecule has 0 fully saturated rings. The molecule has 0 aliphatic rings. The molecule has 0 aromatic rings. The van der Waals surface area contributed by atoms with Gasteiger partial charge >= 0.3 is 0 Å². The number of carbonyl (C=O) groups is 1. The Morgan fingerprint density at radius 3 is 2.80 bits per heavy atom. The zero-order chi connectivity index (χ0) is 11.5. The Morgan fingerprint density at radius 2 is 2.20 bits per heavy atom. The SMILES string of the molecule is CCNCC(C)C(=O)NCCOCCO. The lowest BCUT2D eigenvalue weighted by Crippen LogP contribution is -2.36. The Bertz CT molecular complexity index is 165. The molecule has 5 nitrogen and oxygen atoms in total. The highest BCUT2D eigenvalue weighted by atomic mass is 16.5. The van der Waals surface area contributed by atoms with Crippen LogP contribution in [0.3, 0.4) is 0 Å². The number of amides is 1. The van der Waals surface area contributed by atoms with Gasteiger partial charge in [0.2, 0.25) is 5.91 Å². The zero-order valence-corrected chi connectivity index (χ0v) is 9.58. The number of aliphatic hydroxyl groups excluding tert-OH is 1. The molecular formula is C10H22N2O3. The lowest BCUT2D eigenvalue weighted by Gasteiger charge is -2.12. The Kier molecular flexibility index (Phi) is 9.46. The van der Waals surface area contributed by atoms with E-state index in [0.717, 1.165) is 6.54 Å². The van der Waals surface area contributed by atoms with Crippen LogP contribution >= 0.6 is 0 Å². The Morgan fingerprint density at radius 1 is 1.47 bits per heavy atom. The van der Waals surface area contributed by atoms with Gasteiger partial charge in [-0.15, -0.1) is 0 Å². The first-order valence-electron chi connectivity index (χ1n) is 5.39. The van der Waals surface area contributed by atoms with E-state index in [9.17, 15) is 4.79 Å². The van der Waals surface area contributed by atoms with E-state index in [1.807, 2.05) is 13.8 Å². The number of ether oxygens (including phenoxy) is 1. The van der Waals surface area contributed by atoms with E-state index in [-0.39, 0.29) is 18.4 Å². The maximum Gasteiger partial charge on any atom is 0.224 e. The van der Waals surface area contributed by atoms with Gasteiger partial charge < -0.3 is 20.5 Å². The molecule has 0 spiro atoms. The number of carbonyl (C=O) groups excluding carboxylic acids is 1. The predicted molar refractivity (Wildman–Crippen MR) is 58.6 cm³/mol. The van der Waals surface area contributed by atoms with Crippen LogP contribution in [0, 0.1) is 5.92 Å². The zero-order valence-electron chi connectivity index (χ0n) is 9.58. The molecule has 0 aliphatic carbocycles. The second-order valence-corrected chi connectivity index (χ2v) is 3.34. The molecule has 0 radical (unpaired) electrons. The van der Waals surface area contributed by atoms with E-state index in [0.29, 0.717) is 26.3 Å². The molecule has 0 heterocycles. The van der Waals surface area contributed by atoms with Gasteiger partial charge in [-0.3, -0.25) is 4.79 Å². The molecule has 0 saturated heterocycles. The van der Waals surface area contributed by atoms with Crippen molar-refractivity contribution in [3.63, 3.8) is 0 Å². The van der Waals surface area contributed by atoms with E-state index in [1.54, 1.807) is 0 Å². The van der Waals surface area contributed by atoms with Crippen LogP contribution in [0.1, 0.15) is 13.8 Å². The summed E-state index contributed by atoms with van der Waals surface area (Å²) in [6.45, 7) is 6.74. The fourth-order valence-corrected chi connectivity index (χ4v) is 1.04. The van der Waals surface area contributed by atoms with Crippen LogP contribution in [0.25, 0.3) is 0 Å². The third-order valence-electron chi connectivity index (χ3n) is 1.93. The van der Waals surface area contributed by atoms with Gasteiger partial charge in [-0.25, -0.2) is 0 Å². The minimum Gasteiger partial charge on any atom is -0.394 e. The molecular weight excluding hydrogens is 196 g/mol. The highest BCUT2D eigenvalue weighted by Gasteiger charge is 2.10. The first-order valence-corrected chi connectivity index (χ1v) is 5.39. The Balaban J connectivity index is 3.38. The van der Waals surface area contributed by atoms with Crippen molar-refractivity contribution in [3.8, 4) is 0 Å². The fraction of sp³-hybridized carbons (Fsp3) is 0.900. The lowest BCUT2D eigenvalue weighted by atomic mass is 10.1. The molecule has 1 unspecified atom stereocenters. The van der Waals surface area contributed by atoms with Crippen LogP contribution in [-0.2, 0) is 9.53 Å². The van der Waals surface area contributed by atoms with E-state index < -0.39 is 0 Å². The van der Waals surface area contributed by atoms with Gasteiger partial charge in [-0.05, 0) is 6.54 Å². The maximum absolute atomic E-state index is 11.4. The molecule has 0 saturated carbocycles. The lowest BCUT2D eigenvalue weighted by molar-refractivity contribution is -0.124. The molecule has 90 valence electrons. The molecule has 5 heteroatoms. The van der Waals surface area contributed by atoms with Gasteiger partial charge in [-0.2, -0.15) is 0 Å². The van der Waals surface area contributed by atoms with Gasteiger partial charge in [0.25, 0.3) is 0 Å². The van der Waals surface area contributed by atoms with Crippen molar-refractivity contribution in [2.45, 2.75) is 13.8 Å². The first kappa shape index (κ1) is 14.3. The Labute approximate surface area is 91.2 Å². The van der Waals surface area contributed by atoms with E-state index in [2.05, 4.69) is 10.6 Å². The van der Waals surface area contributed by atoms with Gasteiger partial charge in [0.1, 0.15) is 0 Å². The third-order valence-corrected chi connectivity index (χ3v) is 1.93. The van der Waals surface area contributed by atoms with Gasteiger partial charge in [0.05, 0.1) is 19.8 Å². The van der Waals surface area contributed by atoms with Crippen LogP contribution in [-0.4, -0.2) is 50.5 Å². The summed E-state index contributed by atoms with van der Waals surface area (Å²) < 4.78 is 5.01. The third kappa shape index (κ3) is 8.35. The maximum atomic E-state index is 11.4. The van der Waals surface area contributed by atoms with Crippen LogP contribution in [0.4, 0.5) is 0 Å². The van der Waals surface area contributed by atoms with Crippen LogP contribution < -0.4 is 10.6 Å². The van der Waals surface area contributed by atoms with Crippen molar-refractivity contribution < 1.29 is 14.6 Å². The number of aliphatic hydroxyl groups is 1. The van der Waals surface area contributed by atoms with Crippen molar-refractivity contribution in [2.24, 2.45) is 5.92 Å². The van der Waals surface area contributed by atoms with Gasteiger partial charge in [0.15, 0.2) is 0 Å². The summed E-state index contributed by atoms with van der Waals surface area (Å²) in [6.07, 6.45) is 0. The van der Waals surface area contributed by atoms with E-state index in [4.69, 9.17) is 9.84 Å². The predicted octanol–water partition coefficient (Wildman–Crippen LogP) is -0.643. The highest BCUT2D eigenvalue weighted by molar-refractivity contribution is 5.78. The van der Waals surface area contributed by atoms with Crippen molar-refractivity contribution >= 4 is 5.91 Å². The number of hydrogen-bond donors (Lipinski definition) is 3. The first-order chi connectivity index (χ1) is 7.22. The van der Waals surface area contributed by atoms with Crippen LogP contribution in [0.2, 0.25) is 0 Å². The summed E-state index contributed by atoms with van der Waals surface area (Å²) in [7, 11) is 0. The molecule has 1 amide bonds. The van der Waals surface area contributed by atoms with Crippen molar-refractivity contribution in [3.05, 3.63) is 0 Å². The molecule has 0 aromatic heterocycles. The summed E-state index contributed by atoms with van der Waals surface area (Å²) in [5, 5.41) is 14.3. The molecule has 15 heavy (non-hydrogen) atoms. The molecule has 0 aromatic carbocycles. The van der Waals surface area contributed by atoms with Crippen LogP contribution in [0.5, 0.6) is 0 Å². The second kappa shape index (κ2) is 9.89. The molecule has 1 atom stereocenters. The summed E-state index contributed by atoms with van der Waals surface area (Å²) >= 11 is 0. The topological polar surface area (TPSA) is 70.6 Å². The van der Waals surface area contributed by atoms with E-state index in [1.165, 1.54) is 0 Å².